The van der Waals surface area contributed by atoms with Gasteiger partial charge in [0, 0.05) is 29.3 Å². The van der Waals surface area contributed by atoms with Gasteiger partial charge in [0.15, 0.2) is 0 Å². The van der Waals surface area contributed by atoms with Gasteiger partial charge in [-0.1, -0.05) is 43.5 Å². The Bertz CT molecular complexity index is 1200. The maximum absolute atomic E-state index is 12.9. The van der Waals surface area contributed by atoms with Crippen molar-refractivity contribution < 1.29 is 14.7 Å². The molecular formula is C26H29ClN4O3. The molecule has 0 saturated heterocycles. The second-order valence-electron chi connectivity index (χ2n) is 8.77. The fourth-order valence-electron chi connectivity index (χ4n) is 4.25. The zero-order valence-electron chi connectivity index (χ0n) is 19.3. The summed E-state index contributed by atoms with van der Waals surface area (Å²) in [5, 5.41) is 21.4. The van der Waals surface area contributed by atoms with E-state index < -0.39 is 0 Å². The van der Waals surface area contributed by atoms with Gasteiger partial charge in [0.1, 0.15) is 5.75 Å². The monoisotopic (exact) mass is 480 g/mol. The third kappa shape index (κ3) is 5.09. The Morgan fingerprint density at radius 1 is 1.18 bits per heavy atom. The zero-order valence-corrected chi connectivity index (χ0v) is 20.1. The third-order valence-corrected chi connectivity index (χ3v) is 6.66. The lowest BCUT2D eigenvalue weighted by Crippen LogP contribution is -2.37. The van der Waals surface area contributed by atoms with Crippen LogP contribution in [0.15, 0.2) is 48.5 Å². The van der Waals surface area contributed by atoms with Crippen LogP contribution in [-0.4, -0.2) is 32.9 Å². The zero-order chi connectivity index (χ0) is 24.2. The van der Waals surface area contributed by atoms with E-state index in [1.165, 1.54) is 10.7 Å². The number of benzene rings is 2. The molecule has 1 aromatic heterocycles. The molecule has 4 rings (SSSR count). The van der Waals surface area contributed by atoms with E-state index in [1.807, 2.05) is 19.9 Å². The Morgan fingerprint density at radius 2 is 1.91 bits per heavy atom. The normalized spacial score (nSPS) is 14.7. The highest BCUT2D eigenvalue weighted by molar-refractivity contribution is 6.34. The molecule has 178 valence electrons. The number of hydrogen-bond acceptors (Lipinski definition) is 4. The number of anilines is 1. The minimum Gasteiger partial charge on any atom is -0.507 e. The molecule has 1 atom stereocenters. The molecule has 7 nitrogen and oxygen atoms in total. The fourth-order valence-corrected chi connectivity index (χ4v) is 4.47. The highest BCUT2D eigenvalue weighted by Gasteiger charge is 2.26. The number of halogens is 1. The van der Waals surface area contributed by atoms with Crippen molar-refractivity contribution in [2.75, 3.05) is 5.32 Å². The molecule has 1 heterocycles. The number of nitrogens with one attached hydrogen (secondary N) is 2. The van der Waals surface area contributed by atoms with Gasteiger partial charge in [-0.25, -0.2) is 4.79 Å². The summed E-state index contributed by atoms with van der Waals surface area (Å²) in [6.45, 7) is 3.97. The predicted molar refractivity (Wildman–Crippen MR) is 134 cm³/mol. The molecule has 8 heteroatoms. The van der Waals surface area contributed by atoms with Gasteiger partial charge in [0.05, 0.1) is 22.0 Å². The minimum absolute atomic E-state index is 0.0333. The molecule has 2 amide bonds. The Labute approximate surface area is 204 Å². The Hall–Kier alpha value is -3.32. The van der Waals surface area contributed by atoms with Crippen LogP contribution in [0.25, 0.3) is 11.3 Å². The van der Waals surface area contributed by atoms with Crippen molar-refractivity contribution in [3.63, 3.8) is 0 Å². The van der Waals surface area contributed by atoms with Gasteiger partial charge >= 0.3 is 6.03 Å². The van der Waals surface area contributed by atoms with Gasteiger partial charge in [-0.15, -0.1) is 0 Å². The smallest absolute Gasteiger partial charge is 0.342 e. The third-order valence-electron chi connectivity index (χ3n) is 6.34. The van der Waals surface area contributed by atoms with E-state index >= 15 is 0 Å². The van der Waals surface area contributed by atoms with E-state index in [0.29, 0.717) is 27.5 Å². The molecule has 0 bridgehead atoms. The lowest BCUT2D eigenvalue weighted by Gasteiger charge is -2.15. The van der Waals surface area contributed by atoms with Crippen LogP contribution in [0, 0.1) is 0 Å². The lowest BCUT2D eigenvalue weighted by molar-refractivity contribution is 0.102. The number of aromatic nitrogens is 2. The highest BCUT2D eigenvalue weighted by Crippen LogP contribution is 2.38. The second kappa shape index (κ2) is 10.3. The molecule has 1 unspecified atom stereocenters. The van der Waals surface area contributed by atoms with E-state index in [4.69, 9.17) is 11.6 Å². The molecule has 0 spiro atoms. The van der Waals surface area contributed by atoms with E-state index in [0.717, 1.165) is 37.8 Å². The van der Waals surface area contributed by atoms with Crippen LogP contribution >= 0.6 is 11.6 Å². The van der Waals surface area contributed by atoms with Crippen LogP contribution in [0.3, 0.4) is 0 Å². The standard InChI is InChI=1S/C26H29ClN4O3/c1-3-16(2)28-26(34)31-23(17-8-4-5-9-17)15-22(30-31)20-13-12-18(14-24(20)32)29-25(33)19-10-6-7-11-21(19)27/h6-7,10-17,32H,3-5,8-9H2,1-2H3,(H,28,34)(H,29,33). The van der Waals surface area contributed by atoms with Gasteiger partial charge in [0.2, 0.25) is 0 Å². The molecule has 1 aliphatic carbocycles. The van der Waals surface area contributed by atoms with Crippen molar-refractivity contribution in [2.24, 2.45) is 0 Å². The first-order valence-electron chi connectivity index (χ1n) is 11.7. The number of rotatable bonds is 6. The number of phenols is 1. The Kier molecular flexibility index (Phi) is 7.22. The molecule has 1 saturated carbocycles. The number of carbonyl (C=O) groups excluding carboxylic acids is 2. The van der Waals surface area contributed by atoms with E-state index in [1.54, 1.807) is 36.4 Å². The van der Waals surface area contributed by atoms with Crippen molar-refractivity contribution in [3.8, 4) is 17.0 Å². The summed E-state index contributed by atoms with van der Waals surface area (Å²) >= 11 is 6.11. The maximum Gasteiger partial charge on any atom is 0.342 e. The van der Waals surface area contributed by atoms with Gasteiger partial charge in [-0.05, 0) is 56.5 Å². The predicted octanol–water partition coefficient (Wildman–Crippen LogP) is 6.18. The number of aromatic hydroxyl groups is 1. The van der Waals surface area contributed by atoms with E-state index in [-0.39, 0.29) is 29.6 Å². The van der Waals surface area contributed by atoms with Gasteiger partial charge < -0.3 is 15.7 Å². The molecule has 2 aromatic carbocycles. The van der Waals surface area contributed by atoms with E-state index in [9.17, 15) is 14.7 Å². The van der Waals surface area contributed by atoms with Crippen LogP contribution in [0.2, 0.25) is 5.02 Å². The van der Waals surface area contributed by atoms with Crippen LogP contribution in [0.1, 0.15) is 67.9 Å². The summed E-state index contributed by atoms with van der Waals surface area (Å²) in [7, 11) is 0. The average molecular weight is 481 g/mol. The number of carbonyl (C=O) groups is 2. The summed E-state index contributed by atoms with van der Waals surface area (Å²) in [5.74, 6) is -0.144. The largest absolute Gasteiger partial charge is 0.507 e. The molecule has 0 radical (unpaired) electrons. The molecule has 0 aliphatic heterocycles. The summed E-state index contributed by atoms with van der Waals surface area (Å²) in [6, 6.07) is 13.3. The van der Waals surface area contributed by atoms with Gasteiger partial charge in [-0.3, -0.25) is 4.79 Å². The summed E-state index contributed by atoms with van der Waals surface area (Å²) in [4.78, 5) is 25.5. The summed E-state index contributed by atoms with van der Waals surface area (Å²) < 4.78 is 1.45. The first kappa shape index (κ1) is 23.8. The molecule has 34 heavy (non-hydrogen) atoms. The first-order chi connectivity index (χ1) is 16.4. The molecular weight excluding hydrogens is 452 g/mol. The van der Waals surface area contributed by atoms with Crippen LogP contribution in [-0.2, 0) is 0 Å². The fraction of sp³-hybridized carbons (Fsp3) is 0.346. The summed E-state index contributed by atoms with van der Waals surface area (Å²) in [6.07, 6.45) is 5.11. The van der Waals surface area contributed by atoms with E-state index in [2.05, 4.69) is 15.7 Å². The number of hydrogen-bond donors (Lipinski definition) is 3. The highest BCUT2D eigenvalue weighted by atomic mass is 35.5. The minimum atomic E-state index is -0.368. The van der Waals surface area contributed by atoms with Crippen molar-refractivity contribution in [3.05, 3.63) is 64.8 Å². The van der Waals surface area contributed by atoms with Gasteiger partial charge in [-0.2, -0.15) is 9.78 Å². The second-order valence-corrected chi connectivity index (χ2v) is 9.18. The number of phenolic OH excluding ortho intramolecular Hbond substituents is 1. The van der Waals surface area contributed by atoms with Crippen molar-refractivity contribution in [1.29, 1.82) is 0 Å². The Morgan fingerprint density at radius 3 is 2.59 bits per heavy atom. The molecule has 3 N–H and O–H groups in total. The average Bonchev–Trinajstić information content (AvgIpc) is 3.49. The van der Waals surface area contributed by atoms with Crippen LogP contribution in [0.4, 0.5) is 10.5 Å². The van der Waals surface area contributed by atoms with Crippen molar-refractivity contribution >= 4 is 29.2 Å². The number of amides is 2. The maximum atomic E-state index is 12.9. The van der Waals surface area contributed by atoms with Crippen molar-refractivity contribution in [1.82, 2.24) is 15.1 Å². The van der Waals surface area contributed by atoms with Crippen molar-refractivity contribution in [2.45, 2.75) is 57.9 Å². The van der Waals surface area contributed by atoms with Crippen LogP contribution < -0.4 is 10.6 Å². The SMILES string of the molecule is CCC(C)NC(=O)n1nc(-c2ccc(NC(=O)c3ccccc3Cl)cc2O)cc1C1CCCC1. The topological polar surface area (TPSA) is 96.3 Å². The van der Waals surface area contributed by atoms with Crippen LogP contribution in [0.5, 0.6) is 5.75 Å². The quantitative estimate of drug-likeness (QED) is 0.392. The number of nitrogens with zero attached hydrogens (tertiary/aromatic N) is 2. The molecule has 1 aliphatic rings. The summed E-state index contributed by atoms with van der Waals surface area (Å²) in [5.41, 5.74) is 2.65. The van der Waals surface area contributed by atoms with Gasteiger partial charge in [0.25, 0.3) is 5.91 Å². The first-order valence-corrected chi connectivity index (χ1v) is 12.0. The lowest BCUT2D eigenvalue weighted by atomic mass is 10.0. The molecule has 1 fully saturated rings. The Balaban J connectivity index is 1.61. The molecule has 3 aromatic rings.